The van der Waals surface area contributed by atoms with Crippen LogP contribution in [0.1, 0.15) is 27.4 Å². The topological polar surface area (TPSA) is 96.6 Å². The van der Waals surface area contributed by atoms with E-state index < -0.39 is 11.9 Å². The van der Waals surface area contributed by atoms with Gasteiger partial charge in [-0.05, 0) is 25.1 Å². The average molecular weight is 371 g/mol. The Hall–Kier alpha value is -3.55. The third-order valence-electron chi connectivity index (χ3n) is 3.84. The molecule has 1 aliphatic heterocycles. The highest BCUT2D eigenvalue weighted by Gasteiger charge is 2.26. The van der Waals surface area contributed by atoms with Crippen LogP contribution in [0.25, 0.3) is 6.08 Å². The molecule has 0 saturated carbocycles. The number of esters is 2. The zero-order chi connectivity index (χ0) is 19.6. The first-order valence-electron chi connectivity index (χ1n) is 7.90. The van der Waals surface area contributed by atoms with E-state index in [9.17, 15) is 9.59 Å². The number of nitrogens with zero attached hydrogens (tertiary/aromatic N) is 1. The quantitative estimate of drug-likeness (QED) is 0.589. The van der Waals surface area contributed by atoms with Gasteiger partial charge in [0.05, 0.1) is 21.3 Å². The lowest BCUT2D eigenvalue weighted by Gasteiger charge is -2.07. The van der Waals surface area contributed by atoms with Gasteiger partial charge in [0, 0.05) is 17.7 Å². The monoisotopic (exact) mass is 371 g/mol. The Bertz CT molecular complexity index is 946. The highest BCUT2D eigenvalue weighted by atomic mass is 16.6. The predicted molar refractivity (Wildman–Crippen MR) is 94.9 cm³/mol. The van der Waals surface area contributed by atoms with Crippen molar-refractivity contribution in [1.29, 1.82) is 0 Å². The van der Waals surface area contributed by atoms with Crippen molar-refractivity contribution in [3.05, 3.63) is 52.6 Å². The van der Waals surface area contributed by atoms with Crippen molar-refractivity contribution in [1.82, 2.24) is 0 Å². The fourth-order valence-corrected chi connectivity index (χ4v) is 2.49. The highest BCUT2D eigenvalue weighted by molar-refractivity contribution is 6.13. The zero-order valence-corrected chi connectivity index (χ0v) is 15.2. The first-order valence-corrected chi connectivity index (χ1v) is 7.90. The van der Waals surface area contributed by atoms with Crippen LogP contribution in [0.3, 0.4) is 0 Å². The van der Waals surface area contributed by atoms with E-state index in [0.717, 1.165) is 0 Å². The van der Waals surface area contributed by atoms with Gasteiger partial charge < -0.3 is 23.4 Å². The Labute approximate surface area is 155 Å². The van der Waals surface area contributed by atoms with E-state index in [1.807, 2.05) is 0 Å². The number of hydrogen-bond acceptors (Lipinski definition) is 8. The summed E-state index contributed by atoms with van der Waals surface area (Å²) >= 11 is 0. The Kier molecular flexibility index (Phi) is 4.98. The number of benzene rings is 1. The maximum atomic E-state index is 12.2. The molecule has 1 aliphatic rings. The van der Waals surface area contributed by atoms with Crippen molar-refractivity contribution < 1.29 is 33.0 Å². The minimum Gasteiger partial charge on any atom is -0.497 e. The molecule has 140 valence electrons. The molecular weight excluding hydrogens is 354 g/mol. The summed E-state index contributed by atoms with van der Waals surface area (Å²) in [4.78, 5) is 28.0. The molecule has 0 fully saturated rings. The van der Waals surface area contributed by atoms with E-state index in [0.29, 0.717) is 22.8 Å². The number of carbonyl (C=O) groups is 2. The fraction of sp³-hybridized carbons (Fsp3) is 0.211. The summed E-state index contributed by atoms with van der Waals surface area (Å²) in [7, 11) is 4.31. The number of aryl methyl sites for hydroxylation is 1. The van der Waals surface area contributed by atoms with Gasteiger partial charge in [-0.25, -0.2) is 14.6 Å². The van der Waals surface area contributed by atoms with Crippen molar-refractivity contribution in [3.63, 3.8) is 0 Å². The van der Waals surface area contributed by atoms with Gasteiger partial charge in [0.1, 0.15) is 28.6 Å². The van der Waals surface area contributed by atoms with Crippen LogP contribution in [0.4, 0.5) is 0 Å². The normalized spacial score (nSPS) is 14.7. The lowest BCUT2D eigenvalue weighted by molar-refractivity contribution is -0.129. The number of cyclic esters (lactones) is 1. The Balaban J connectivity index is 1.95. The molecule has 0 unspecified atom stereocenters. The highest BCUT2D eigenvalue weighted by Crippen LogP contribution is 2.27. The first kappa shape index (κ1) is 18.2. The molecule has 0 saturated heterocycles. The summed E-state index contributed by atoms with van der Waals surface area (Å²) in [5, 5.41) is 0. The molecule has 3 rings (SSSR count). The van der Waals surface area contributed by atoms with E-state index in [1.54, 1.807) is 25.1 Å². The van der Waals surface area contributed by atoms with Gasteiger partial charge in [-0.2, -0.15) is 0 Å². The minimum absolute atomic E-state index is 0.0388. The second-order valence-corrected chi connectivity index (χ2v) is 5.55. The van der Waals surface area contributed by atoms with Gasteiger partial charge >= 0.3 is 11.9 Å². The van der Waals surface area contributed by atoms with E-state index >= 15 is 0 Å². The van der Waals surface area contributed by atoms with Gasteiger partial charge in [-0.15, -0.1) is 0 Å². The Morgan fingerprint density at radius 3 is 2.33 bits per heavy atom. The molecular formula is C19H17NO7. The van der Waals surface area contributed by atoms with E-state index in [1.165, 1.54) is 33.5 Å². The van der Waals surface area contributed by atoms with Crippen LogP contribution in [-0.2, 0) is 14.3 Å². The standard InChI is InChI=1S/C19H17NO7/c1-10-15(18(21)25-4)8-14(26-10)9-16-19(22)27-17(20-16)11-5-12(23-2)7-13(6-11)24-3/h5-9H,1-4H3/b16-9-. The van der Waals surface area contributed by atoms with Crippen LogP contribution in [-0.4, -0.2) is 39.2 Å². The van der Waals surface area contributed by atoms with Crippen LogP contribution in [0.2, 0.25) is 0 Å². The number of carbonyl (C=O) groups excluding carboxylic acids is 2. The molecule has 1 aromatic heterocycles. The largest absolute Gasteiger partial charge is 0.497 e. The minimum atomic E-state index is -0.638. The van der Waals surface area contributed by atoms with Crippen molar-refractivity contribution >= 4 is 23.9 Å². The molecule has 2 aromatic rings. The first-order chi connectivity index (χ1) is 12.9. The zero-order valence-electron chi connectivity index (χ0n) is 15.2. The smallest absolute Gasteiger partial charge is 0.363 e. The van der Waals surface area contributed by atoms with Gasteiger partial charge in [0.25, 0.3) is 0 Å². The van der Waals surface area contributed by atoms with Crippen LogP contribution in [0.5, 0.6) is 11.5 Å². The number of aliphatic imine (C=N–C) groups is 1. The summed E-state index contributed by atoms with van der Waals surface area (Å²) in [6.45, 7) is 1.62. The Morgan fingerprint density at radius 1 is 1.07 bits per heavy atom. The molecule has 0 aliphatic carbocycles. The van der Waals surface area contributed by atoms with Gasteiger partial charge in [0.15, 0.2) is 5.70 Å². The summed E-state index contributed by atoms with van der Waals surface area (Å²) in [6.07, 6.45) is 1.40. The molecule has 0 radical (unpaired) electrons. The molecule has 8 heteroatoms. The van der Waals surface area contributed by atoms with E-state index in [4.69, 9.17) is 18.6 Å². The molecule has 0 N–H and O–H groups in total. The predicted octanol–water partition coefficient (Wildman–Crippen LogP) is 2.74. The third-order valence-corrected chi connectivity index (χ3v) is 3.84. The second-order valence-electron chi connectivity index (χ2n) is 5.55. The average Bonchev–Trinajstić information content (AvgIpc) is 3.23. The fourth-order valence-electron chi connectivity index (χ4n) is 2.49. The number of ether oxygens (including phenoxy) is 4. The van der Waals surface area contributed by atoms with Crippen LogP contribution < -0.4 is 9.47 Å². The SMILES string of the molecule is COC(=O)c1cc(/C=C2\N=C(c3cc(OC)cc(OC)c3)OC2=O)oc1C. The van der Waals surface area contributed by atoms with Crippen LogP contribution in [0, 0.1) is 6.92 Å². The lowest BCUT2D eigenvalue weighted by atomic mass is 10.2. The maximum absolute atomic E-state index is 12.2. The molecule has 2 heterocycles. The Morgan fingerprint density at radius 2 is 1.74 bits per heavy atom. The summed E-state index contributed by atoms with van der Waals surface area (Å²) in [5.74, 6) is 0.674. The van der Waals surface area contributed by atoms with Gasteiger partial charge in [-0.1, -0.05) is 0 Å². The molecule has 1 aromatic carbocycles. The lowest BCUT2D eigenvalue weighted by Crippen LogP contribution is -2.06. The molecule has 0 amide bonds. The van der Waals surface area contributed by atoms with Crippen molar-refractivity contribution in [2.45, 2.75) is 6.92 Å². The molecule has 0 bridgehead atoms. The summed E-state index contributed by atoms with van der Waals surface area (Å²) in [6, 6.07) is 6.51. The summed E-state index contributed by atoms with van der Waals surface area (Å²) in [5.41, 5.74) is 0.836. The molecule has 27 heavy (non-hydrogen) atoms. The number of hydrogen-bond donors (Lipinski definition) is 0. The molecule has 8 nitrogen and oxygen atoms in total. The van der Waals surface area contributed by atoms with Crippen molar-refractivity contribution in [2.24, 2.45) is 4.99 Å². The van der Waals surface area contributed by atoms with Crippen molar-refractivity contribution in [2.75, 3.05) is 21.3 Å². The van der Waals surface area contributed by atoms with Crippen LogP contribution >= 0.6 is 0 Å². The second kappa shape index (κ2) is 7.36. The van der Waals surface area contributed by atoms with Crippen molar-refractivity contribution in [3.8, 4) is 11.5 Å². The molecule has 0 atom stereocenters. The van der Waals surface area contributed by atoms with E-state index in [-0.39, 0.29) is 22.9 Å². The number of furan rings is 1. The summed E-state index contributed by atoms with van der Waals surface area (Å²) < 4.78 is 25.8. The third kappa shape index (κ3) is 3.69. The number of methoxy groups -OCH3 is 3. The number of rotatable bonds is 5. The van der Waals surface area contributed by atoms with E-state index in [2.05, 4.69) is 9.73 Å². The molecule has 0 spiro atoms. The maximum Gasteiger partial charge on any atom is 0.363 e. The van der Waals surface area contributed by atoms with Gasteiger partial charge in [-0.3, -0.25) is 0 Å². The van der Waals surface area contributed by atoms with Gasteiger partial charge in [0.2, 0.25) is 5.90 Å². The van der Waals surface area contributed by atoms with Crippen LogP contribution in [0.15, 0.2) is 39.4 Å².